The summed E-state index contributed by atoms with van der Waals surface area (Å²) >= 11 is 0. The topological polar surface area (TPSA) is 40.6 Å². The van der Waals surface area contributed by atoms with E-state index in [1.807, 2.05) is 9.80 Å². The fourth-order valence-electron chi connectivity index (χ4n) is 3.62. The maximum atomic E-state index is 12.9. The van der Waals surface area contributed by atoms with Gasteiger partial charge in [0.25, 0.3) is 0 Å². The van der Waals surface area contributed by atoms with Crippen LogP contribution in [-0.4, -0.2) is 47.8 Å². The van der Waals surface area contributed by atoms with E-state index in [-0.39, 0.29) is 23.5 Å². The van der Waals surface area contributed by atoms with Crippen LogP contribution in [0.25, 0.3) is 0 Å². The summed E-state index contributed by atoms with van der Waals surface area (Å²) in [4.78, 5) is 28.7. The number of hydrogen-bond donors (Lipinski definition) is 0. The van der Waals surface area contributed by atoms with Gasteiger partial charge in [-0.3, -0.25) is 9.59 Å². The first-order chi connectivity index (χ1) is 11.6. The lowest BCUT2D eigenvalue weighted by Crippen LogP contribution is -2.41. The highest BCUT2D eigenvalue weighted by molar-refractivity contribution is 5.82. The zero-order chi connectivity index (χ0) is 16.9. The van der Waals surface area contributed by atoms with Gasteiger partial charge >= 0.3 is 0 Å². The summed E-state index contributed by atoms with van der Waals surface area (Å²) < 4.78 is 12.9. The predicted octanol–water partition coefficient (Wildman–Crippen LogP) is 2.62. The van der Waals surface area contributed by atoms with E-state index < -0.39 is 0 Å². The smallest absolute Gasteiger partial charge is 0.227 e. The van der Waals surface area contributed by atoms with Crippen molar-refractivity contribution in [3.63, 3.8) is 0 Å². The molecule has 0 aromatic heterocycles. The van der Waals surface area contributed by atoms with Crippen LogP contribution in [0.4, 0.5) is 4.39 Å². The third-order valence-electron chi connectivity index (χ3n) is 5.10. The van der Waals surface area contributed by atoms with Crippen molar-refractivity contribution in [3.05, 3.63) is 35.6 Å². The zero-order valence-corrected chi connectivity index (χ0v) is 14.0. The highest BCUT2D eigenvalue weighted by Crippen LogP contribution is 2.22. The van der Waals surface area contributed by atoms with Crippen molar-refractivity contribution in [1.29, 1.82) is 0 Å². The van der Waals surface area contributed by atoms with Crippen molar-refractivity contribution in [2.45, 2.75) is 38.5 Å². The molecular weight excluding hydrogens is 307 g/mol. The summed E-state index contributed by atoms with van der Waals surface area (Å²) in [5.41, 5.74) is 0.963. The van der Waals surface area contributed by atoms with Gasteiger partial charge < -0.3 is 9.80 Å². The van der Waals surface area contributed by atoms with Crippen LogP contribution in [-0.2, 0) is 16.0 Å². The Bertz CT molecular complexity index is 582. The first-order valence-electron chi connectivity index (χ1n) is 8.94. The average Bonchev–Trinajstić information content (AvgIpc) is 3.11. The van der Waals surface area contributed by atoms with Gasteiger partial charge in [-0.2, -0.15) is 0 Å². The van der Waals surface area contributed by atoms with Crippen molar-refractivity contribution in [1.82, 2.24) is 9.80 Å². The number of amides is 2. The lowest BCUT2D eigenvalue weighted by atomic mass is 10.0. The van der Waals surface area contributed by atoms with Crippen molar-refractivity contribution >= 4 is 11.8 Å². The minimum atomic E-state index is -0.260. The van der Waals surface area contributed by atoms with Gasteiger partial charge in [0, 0.05) is 32.6 Å². The van der Waals surface area contributed by atoms with Gasteiger partial charge in [-0.15, -0.1) is 0 Å². The number of rotatable bonds is 4. The Morgan fingerprint density at radius 2 is 1.71 bits per heavy atom. The van der Waals surface area contributed by atoms with Crippen molar-refractivity contribution in [3.8, 4) is 0 Å². The number of halogens is 1. The van der Waals surface area contributed by atoms with Crippen LogP contribution in [0.3, 0.4) is 0 Å². The minimum absolute atomic E-state index is 0.0297. The highest BCUT2D eigenvalue weighted by Gasteiger charge is 2.33. The molecule has 3 rings (SSSR count). The molecule has 1 aromatic carbocycles. The van der Waals surface area contributed by atoms with Gasteiger partial charge in [-0.05, 0) is 49.8 Å². The number of aryl methyl sites for hydroxylation is 1. The number of hydrogen-bond acceptors (Lipinski definition) is 2. The molecule has 2 aliphatic rings. The third kappa shape index (κ3) is 4.13. The van der Waals surface area contributed by atoms with Crippen molar-refractivity contribution in [2.24, 2.45) is 5.92 Å². The van der Waals surface area contributed by atoms with Crippen molar-refractivity contribution < 1.29 is 14.0 Å². The van der Waals surface area contributed by atoms with Gasteiger partial charge in [-0.25, -0.2) is 4.39 Å². The molecule has 2 aliphatic heterocycles. The molecule has 5 heteroatoms. The second-order valence-corrected chi connectivity index (χ2v) is 6.84. The van der Waals surface area contributed by atoms with Crippen LogP contribution in [0.2, 0.25) is 0 Å². The zero-order valence-electron chi connectivity index (χ0n) is 14.0. The Balaban J connectivity index is 1.46. The first kappa shape index (κ1) is 16.9. The number of carbonyl (C=O) groups excluding carboxylic acids is 2. The predicted molar refractivity (Wildman–Crippen MR) is 89.8 cm³/mol. The Morgan fingerprint density at radius 3 is 2.42 bits per heavy atom. The molecule has 0 N–H and O–H groups in total. The first-order valence-corrected chi connectivity index (χ1v) is 8.94. The number of carbonyl (C=O) groups is 2. The van der Waals surface area contributed by atoms with E-state index in [2.05, 4.69) is 0 Å². The standard InChI is InChI=1S/C19H25FN2O2/c20-17-7-4-15(5-8-17)6-9-18(23)22-13-10-16(14-22)19(24)21-11-2-1-3-12-21/h4-5,7-8,16H,1-3,6,9-14H2. The average molecular weight is 332 g/mol. The second-order valence-electron chi connectivity index (χ2n) is 6.84. The van der Waals surface area contributed by atoms with Gasteiger partial charge in [0.05, 0.1) is 5.92 Å². The molecule has 1 atom stereocenters. The Labute approximate surface area is 142 Å². The normalized spacial score (nSPS) is 21.1. The fraction of sp³-hybridized carbons (Fsp3) is 0.579. The summed E-state index contributed by atoms with van der Waals surface area (Å²) in [5.74, 6) is 0.0263. The Kier molecular flexibility index (Phi) is 5.48. The van der Waals surface area contributed by atoms with Gasteiger partial charge in [0.1, 0.15) is 5.82 Å². The van der Waals surface area contributed by atoms with E-state index in [0.29, 0.717) is 25.9 Å². The molecule has 0 bridgehead atoms. The maximum Gasteiger partial charge on any atom is 0.227 e. The fourth-order valence-corrected chi connectivity index (χ4v) is 3.62. The molecule has 2 heterocycles. The third-order valence-corrected chi connectivity index (χ3v) is 5.10. The Hall–Kier alpha value is -1.91. The molecule has 2 saturated heterocycles. The molecule has 0 aliphatic carbocycles. The van der Waals surface area contributed by atoms with Crippen LogP contribution in [0.15, 0.2) is 24.3 Å². The van der Waals surface area contributed by atoms with Crippen LogP contribution in [0, 0.1) is 11.7 Å². The quantitative estimate of drug-likeness (QED) is 0.850. The Morgan fingerprint density at radius 1 is 1.00 bits per heavy atom. The lowest BCUT2D eigenvalue weighted by Gasteiger charge is -2.29. The number of piperidine rings is 1. The molecular formula is C19H25FN2O2. The molecule has 0 spiro atoms. The highest BCUT2D eigenvalue weighted by atomic mass is 19.1. The molecule has 0 saturated carbocycles. The second kappa shape index (κ2) is 7.77. The van der Waals surface area contributed by atoms with Crippen molar-refractivity contribution in [2.75, 3.05) is 26.2 Å². The van der Waals surface area contributed by atoms with Gasteiger partial charge in [0.2, 0.25) is 11.8 Å². The van der Waals surface area contributed by atoms with Crippen LogP contribution >= 0.6 is 0 Å². The maximum absolute atomic E-state index is 12.9. The summed E-state index contributed by atoms with van der Waals surface area (Å²) in [6.45, 7) is 2.96. The molecule has 4 nitrogen and oxygen atoms in total. The van der Waals surface area contributed by atoms with E-state index in [1.165, 1.54) is 18.6 Å². The largest absolute Gasteiger partial charge is 0.342 e. The SMILES string of the molecule is O=C(CCc1ccc(F)cc1)N1CCC(C(=O)N2CCCCC2)C1. The molecule has 2 amide bonds. The van der Waals surface area contributed by atoms with E-state index >= 15 is 0 Å². The molecule has 2 fully saturated rings. The van der Waals surface area contributed by atoms with E-state index in [4.69, 9.17) is 0 Å². The van der Waals surface area contributed by atoms with Crippen LogP contribution < -0.4 is 0 Å². The van der Waals surface area contributed by atoms with Crippen LogP contribution in [0.5, 0.6) is 0 Å². The van der Waals surface area contributed by atoms with Crippen LogP contribution in [0.1, 0.15) is 37.7 Å². The number of benzene rings is 1. The summed E-state index contributed by atoms with van der Waals surface area (Å²) in [7, 11) is 0. The monoisotopic (exact) mass is 332 g/mol. The molecule has 1 aromatic rings. The van der Waals surface area contributed by atoms with Gasteiger partial charge in [-0.1, -0.05) is 12.1 Å². The molecule has 24 heavy (non-hydrogen) atoms. The van der Waals surface area contributed by atoms with E-state index in [0.717, 1.165) is 37.9 Å². The summed E-state index contributed by atoms with van der Waals surface area (Å²) in [5, 5.41) is 0. The van der Waals surface area contributed by atoms with E-state index in [9.17, 15) is 14.0 Å². The van der Waals surface area contributed by atoms with E-state index in [1.54, 1.807) is 12.1 Å². The summed E-state index contributed by atoms with van der Waals surface area (Å²) in [6, 6.07) is 6.27. The number of likely N-dealkylation sites (tertiary alicyclic amines) is 2. The molecule has 0 radical (unpaired) electrons. The lowest BCUT2D eigenvalue weighted by molar-refractivity contribution is -0.136. The molecule has 1 unspecified atom stereocenters. The number of nitrogens with zero attached hydrogens (tertiary/aromatic N) is 2. The minimum Gasteiger partial charge on any atom is -0.342 e. The summed E-state index contributed by atoms with van der Waals surface area (Å²) in [6.07, 6.45) is 5.20. The van der Waals surface area contributed by atoms with Gasteiger partial charge in [0.15, 0.2) is 0 Å². The molecule has 130 valence electrons.